The largest absolute Gasteiger partial charge is 0.507 e. The van der Waals surface area contributed by atoms with Crippen molar-refractivity contribution in [2.75, 3.05) is 6.61 Å². The number of ether oxygens (including phenoxy) is 1. The maximum atomic E-state index is 12.0. The number of ketones is 1. The van der Waals surface area contributed by atoms with Crippen LogP contribution in [0.2, 0.25) is 0 Å². The van der Waals surface area contributed by atoms with Crippen LogP contribution in [0.1, 0.15) is 30.9 Å². The zero-order valence-electron chi connectivity index (χ0n) is 10.8. The molecular formula is C15H16O4. The average molecular weight is 260 g/mol. The summed E-state index contributed by atoms with van der Waals surface area (Å²) in [6.45, 7) is 1.79. The van der Waals surface area contributed by atoms with E-state index >= 15 is 0 Å². The lowest BCUT2D eigenvalue weighted by molar-refractivity contribution is -0.151. The molecule has 1 aliphatic carbocycles. The van der Waals surface area contributed by atoms with Gasteiger partial charge in [-0.05, 0) is 31.7 Å². The molecule has 1 N–H and O–H groups in total. The summed E-state index contributed by atoms with van der Waals surface area (Å²) in [6.07, 6.45) is 1.89. The monoisotopic (exact) mass is 260 g/mol. The van der Waals surface area contributed by atoms with Crippen molar-refractivity contribution in [1.82, 2.24) is 0 Å². The molecule has 0 amide bonds. The lowest BCUT2D eigenvalue weighted by Crippen LogP contribution is -2.20. The number of aryl methyl sites for hydroxylation is 1. The molecule has 4 heteroatoms. The van der Waals surface area contributed by atoms with E-state index in [0.717, 1.165) is 18.4 Å². The molecule has 2 rings (SSSR count). The van der Waals surface area contributed by atoms with E-state index in [9.17, 15) is 14.7 Å². The van der Waals surface area contributed by atoms with Gasteiger partial charge in [-0.25, -0.2) is 4.79 Å². The predicted molar refractivity (Wildman–Crippen MR) is 70.6 cm³/mol. The molecule has 0 saturated carbocycles. The van der Waals surface area contributed by atoms with Gasteiger partial charge in [-0.15, -0.1) is 0 Å². The molecule has 0 radical (unpaired) electrons. The summed E-state index contributed by atoms with van der Waals surface area (Å²) >= 11 is 0. The highest BCUT2D eigenvalue weighted by Crippen LogP contribution is 2.29. The number of hydrogen-bond donors (Lipinski definition) is 1. The summed E-state index contributed by atoms with van der Waals surface area (Å²) in [5, 5.41) is 10.2. The van der Waals surface area contributed by atoms with Crippen LogP contribution < -0.4 is 0 Å². The van der Waals surface area contributed by atoms with Crippen molar-refractivity contribution < 1.29 is 19.4 Å². The molecule has 100 valence electrons. The second-order valence-corrected chi connectivity index (χ2v) is 4.39. The van der Waals surface area contributed by atoms with E-state index in [-0.39, 0.29) is 17.9 Å². The second kappa shape index (κ2) is 5.69. The van der Waals surface area contributed by atoms with Crippen LogP contribution in [0.5, 0.6) is 0 Å². The van der Waals surface area contributed by atoms with Gasteiger partial charge < -0.3 is 9.84 Å². The molecular weight excluding hydrogens is 244 g/mol. The molecule has 0 aromatic heterocycles. The van der Waals surface area contributed by atoms with Gasteiger partial charge in [0.05, 0.1) is 6.61 Å². The molecule has 0 atom stereocenters. The van der Waals surface area contributed by atoms with E-state index in [0.29, 0.717) is 12.0 Å². The topological polar surface area (TPSA) is 63.6 Å². The van der Waals surface area contributed by atoms with Crippen molar-refractivity contribution in [2.24, 2.45) is 0 Å². The summed E-state index contributed by atoms with van der Waals surface area (Å²) in [4.78, 5) is 23.5. The van der Waals surface area contributed by atoms with E-state index in [1.807, 2.05) is 12.1 Å². The Morgan fingerprint density at radius 2 is 2.00 bits per heavy atom. The molecule has 0 aliphatic heterocycles. The number of aliphatic hydroxyl groups excluding tert-OH is 1. The Balaban J connectivity index is 2.40. The number of carbonyl (C=O) groups is 2. The van der Waals surface area contributed by atoms with Gasteiger partial charge in [-0.3, -0.25) is 4.79 Å². The quantitative estimate of drug-likeness (QED) is 0.669. The maximum Gasteiger partial charge on any atom is 0.379 e. The fourth-order valence-electron chi connectivity index (χ4n) is 2.25. The van der Waals surface area contributed by atoms with Gasteiger partial charge in [0.15, 0.2) is 0 Å². The highest BCUT2D eigenvalue weighted by Gasteiger charge is 2.26. The summed E-state index contributed by atoms with van der Waals surface area (Å²) in [5.41, 5.74) is 1.78. The number of benzene rings is 1. The Kier molecular flexibility index (Phi) is 4.00. The summed E-state index contributed by atoms with van der Waals surface area (Å²) < 4.78 is 4.70. The van der Waals surface area contributed by atoms with Gasteiger partial charge in [-0.2, -0.15) is 0 Å². The number of hydrogen-bond acceptors (Lipinski definition) is 4. The van der Waals surface area contributed by atoms with Crippen LogP contribution in [0, 0.1) is 0 Å². The van der Waals surface area contributed by atoms with Crippen LogP contribution in [-0.4, -0.2) is 23.5 Å². The SMILES string of the molecule is CCOC(=O)C(=O)C1=C(O)c2ccccc2CCC1. The van der Waals surface area contributed by atoms with Gasteiger partial charge >= 0.3 is 5.97 Å². The van der Waals surface area contributed by atoms with Crippen molar-refractivity contribution >= 4 is 17.5 Å². The minimum absolute atomic E-state index is 0.0915. The fourth-order valence-corrected chi connectivity index (χ4v) is 2.25. The molecule has 19 heavy (non-hydrogen) atoms. The average Bonchev–Trinajstić information content (AvgIpc) is 2.58. The molecule has 1 aromatic rings. The molecule has 0 spiro atoms. The second-order valence-electron chi connectivity index (χ2n) is 4.39. The van der Waals surface area contributed by atoms with E-state index in [1.165, 1.54) is 0 Å². The van der Waals surface area contributed by atoms with Crippen LogP contribution in [0.3, 0.4) is 0 Å². The van der Waals surface area contributed by atoms with Crippen LogP contribution in [0.4, 0.5) is 0 Å². The van der Waals surface area contributed by atoms with Crippen molar-refractivity contribution in [1.29, 1.82) is 0 Å². The first-order valence-electron chi connectivity index (χ1n) is 6.37. The van der Waals surface area contributed by atoms with E-state index in [4.69, 9.17) is 4.74 Å². The van der Waals surface area contributed by atoms with Gasteiger partial charge in [-0.1, -0.05) is 24.3 Å². The van der Waals surface area contributed by atoms with Gasteiger partial charge in [0.25, 0.3) is 5.78 Å². The third-order valence-corrected chi connectivity index (χ3v) is 3.17. The molecule has 0 heterocycles. The minimum atomic E-state index is -0.900. The zero-order chi connectivity index (χ0) is 13.8. The van der Waals surface area contributed by atoms with Crippen molar-refractivity contribution in [3.8, 4) is 0 Å². The van der Waals surface area contributed by atoms with Gasteiger partial charge in [0, 0.05) is 11.1 Å². The Hall–Kier alpha value is -2.10. The zero-order valence-corrected chi connectivity index (χ0v) is 10.8. The van der Waals surface area contributed by atoms with Crippen LogP contribution in [-0.2, 0) is 20.7 Å². The number of aliphatic hydroxyl groups is 1. The van der Waals surface area contributed by atoms with Crippen molar-refractivity contribution in [3.05, 3.63) is 41.0 Å². The number of carbonyl (C=O) groups excluding carboxylic acids is 2. The smallest absolute Gasteiger partial charge is 0.379 e. The molecule has 1 aliphatic rings. The standard InChI is InChI=1S/C15H16O4/c1-2-19-15(18)14(17)12-9-5-7-10-6-3-4-8-11(10)13(12)16/h3-4,6,8,16H,2,5,7,9H2,1H3. The fraction of sp³-hybridized carbons (Fsp3) is 0.333. The highest BCUT2D eigenvalue weighted by molar-refractivity contribution is 6.41. The first kappa shape index (κ1) is 13.3. The first-order chi connectivity index (χ1) is 9.15. The molecule has 1 aromatic carbocycles. The summed E-state index contributed by atoms with van der Waals surface area (Å²) in [5.74, 6) is -1.73. The molecule has 0 fully saturated rings. The molecule has 4 nitrogen and oxygen atoms in total. The lowest BCUT2D eigenvalue weighted by atomic mass is 10.0. The Morgan fingerprint density at radius 1 is 1.26 bits per heavy atom. The Labute approximate surface area is 111 Å². The third kappa shape index (κ3) is 2.67. The van der Waals surface area contributed by atoms with Crippen molar-refractivity contribution in [3.63, 3.8) is 0 Å². The maximum absolute atomic E-state index is 12.0. The van der Waals surface area contributed by atoms with E-state index in [1.54, 1.807) is 19.1 Å². The molecule has 0 bridgehead atoms. The Morgan fingerprint density at radius 3 is 2.74 bits per heavy atom. The van der Waals surface area contributed by atoms with Gasteiger partial charge in [0.1, 0.15) is 5.76 Å². The number of rotatable bonds is 3. The minimum Gasteiger partial charge on any atom is -0.507 e. The molecule has 0 saturated heterocycles. The number of esters is 1. The Bertz CT molecular complexity index is 543. The van der Waals surface area contributed by atoms with Crippen LogP contribution >= 0.6 is 0 Å². The lowest BCUT2D eigenvalue weighted by Gasteiger charge is -2.08. The predicted octanol–water partition coefficient (Wildman–Crippen LogP) is 2.42. The highest BCUT2D eigenvalue weighted by atomic mass is 16.5. The summed E-state index contributed by atoms with van der Waals surface area (Å²) in [6, 6.07) is 7.37. The van der Waals surface area contributed by atoms with Gasteiger partial charge in [0.2, 0.25) is 0 Å². The van der Waals surface area contributed by atoms with Crippen LogP contribution in [0.15, 0.2) is 29.8 Å². The molecule has 0 unspecified atom stereocenters. The van der Waals surface area contributed by atoms with E-state index < -0.39 is 11.8 Å². The normalized spacial score (nSPS) is 14.6. The third-order valence-electron chi connectivity index (χ3n) is 3.17. The van der Waals surface area contributed by atoms with E-state index in [2.05, 4.69) is 0 Å². The first-order valence-corrected chi connectivity index (χ1v) is 6.37. The van der Waals surface area contributed by atoms with Crippen molar-refractivity contribution in [2.45, 2.75) is 26.2 Å². The number of Topliss-reactive ketones (excluding diaryl/α,β-unsaturated/α-hetero) is 1. The number of fused-ring (bicyclic) bond motifs is 1. The summed E-state index contributed by atoms with van der Waals surface area (Å²) in [7, 11) is 0. The van der Waals surface area contributed by atoms with Crippen LogP contribution in [0.25, 0.3) is 5.76 Å².